The minimum atomic E-state index is -0.472. The Kier molecular flexibility index (Phi) is 22.6. The number of benzene rings is 6. The highest BCUT2D eigenvalue weighted by Gasteiger charge is 2.34. The number of methoxy groups -OCH3 is 7. The SMILES string of the molecule is C=CC(C)(C)C(OC)c1cc(C(=O)OC)ccc1-c1cc(OC)ccc1F.C=CC(C)(C)[C@@H](OC)c1cc(CO)ccc1-c1cc(OC)ccc1F.C=CC(C)(C)[C@H](OC)c1cc(CO)ccc1-c1cc(OC)ccc1F. The quantitative estimate of drug-likeness (QED) is 0.0532. The molecule has 6 rings (SSSR count). The summed E-state index contributed by atoms with van der Waals surface area (Å²) in [7, 11) is 10.8. The summed E-state index contributed by atoms with van der Waals surface area (Å²) in [6.45, 7) is 23.4. The largest absolute Gasteiger partial charge is 0.497 e. The van der Waals surface area contributed by atoms with Crippen LogP contribution in [0.2, 0.25) is 0 Å². The highest BCUT2D eigenvalue weighted by molar-refractivity contribution is 5.91. The van der Waals surface area contributed by atoms with Crippen LogP contribution in [0.25, 0.3) is 33.4 Å². The van der Waals surface area contributed by atoms with Crippen LogP contribution in [0.15, 0.2) is 147 Å². The van der Waals surface area contributed by atoms with Crippen molar-refractivity contribution >= 4 is 5.97 Å². The van der Waals surface area contributed by atoms with E-state index in [1.54, 1.807) is 108 Å². The molecule has 6 aromatic rings. The molecule has 0 saturated heterocycles. The summed E-state index contributed by atoms with van der Waals surface area (Å²) in [5.74, 6) is 0.131. The maximum atomic E-state index is 14.6. The fraction of sp³-hybridized carbons (Fsp3) is 0.328. The van der Waals surface area contributed by atoms with Crippen LogP contribution in [0, 0.1) is 33.7 Å². The number of carbonyl (C=O) groups excluding carboxylic acids is 1. The summed E-state index contributed by atoms with van der Waals surface area (Å²) >= 11 is 0. The van der Waals surface area contributed by atoms with Crippen molar-refractivity contribution in [2.75, 3.05) is 49.8 Å². The van der Waals surface area contributed by atoms with Crippen LogP contribution in [0.4, 0.5) is 13.2 Å². The molecule has 1 unspecified atom stereocenters. The zero-order chi connectivity index (χ0) is 57.4. The lowest BCUT2D eigenvalue weighted by Gasteiger charge is -2.32. The first-order valence-electron chi connectivity index (χ1n) is 24.7. The molecule has 10 nitrogen and oxygen atoms in total. The number of hydrogen-bond donors (Lipinski definition) is 2. The van der Waals surface area contributed by atoms with Crippen molar-refractivity contribution in [2.45, 2.75) is 73.1 Å². The Morgan fingerprint density at radius 2 is 0.753 bits per heavy atom. The third-order valence-electron chi connectivity index (χ3n) is 13.6. The molecule has 0 spiro atoms. The molecule has 13 heteroatoms. The van der Waals surface area contributed by atoms with E-state index in [0.717, 1.165) is 22.3 Å². The zero-order valence-electron chi connectivity index (χ0n) is 46.7. The molecule has 77 heavy (non-hydrogen) atoms. The summed E-state index contributed by atoms with van der Waals surface area (Å²) in [6, 6.07) is 29.7. The van der Waals surface area contributed by atoms with Gasteiger partial charge >= 0.3 is 5.97 Å². The first-order valence-corrected chi connectivity index (χ1v) is 24.7. The maximum absolute atomic E-state index is 14.6. The van der Waals surface area contributed by atoms with E-state index in [1.165, 1.54) is 32.4 Å². The minimum Gasteiger partial charge on any atom is -0.497 e. The van der Waals surface area contributed by atoms with Crippen molar-refractivity contribution in [3.05, 3.63) is 198 Å². The van der Waals surface area contributed by atoms with Crippen molar-refractivity contribution in [1.29, 1.82) is 0 Å². The van der Waals surface area contributed by atoms with Gasteiger partial charge in [0.25, 0.3) is 0 Å². The number of esters is 1. The van der Waals surface area contributed by atoms with E-state index in [4.69, 9.17) is 33.2 Å². The van der Waals surface area contributed by atoms with Crippen molar-refractivity contribution in [3.63, 3.8) is 0 Å². The number of hydrogen-bond acceptors (Lipinski definition) is 10. The molecule has 6 aromatic carbocycles. The van der Waals surface area contributed by atoms with Crippen LogP contribution in [0.3, 0.4) is 0 Å². The van der Waals surface area contributed by atoms with Gasteiger partial charge in [-0.05, 0) is 111 Å². The number of carbonyl (C=O) groups is 1. The second kappa shape index (κ2) is 27.9. The minimum absolute atomic E-state index is 0.0984. The van der Waals surface area contributed by atoms with Gasteiger partial charge in [-0.2, -0.15) is 0 Å². The van der Waals surface area contributed by atoms with E-state index in [1.807, 2.05) is 78.0 Å². The molecule has 3 atom stereocenters. The van der Waals surface area contributed by atoms with Gasteiger partial charge in [-0.25, -0.2) is 18.0 Å². The molecule has 0 aliphatic carbocycles. The van der Waals surface area contributed by atoms with Crippen molar-refractivity contribution in [1.82, 2.24) is 0 Å². The Morgan fingerprint density at radius 1 is 0.455 bits per heavy atom. The summed E-state index contributed by atoms with van der Waals surface area (Å²) in [5.41, 5.74) is 6.12. The Balaban J connectivity index is 0.000000250. The van der Waals surface area contributed by atoms with Gasteiger partial charge < -0.3 is 43.4 Å². The highest BCUT2D eigenvalue weighted by Crippen LogP contribution is 2.46. The van der Waals surface area contributed by atoms with Crippen LogP contribution in [-0.2, 0) is 32.2 Å². The molecule has 2 N–H and O–H groups in total. The Hall–Kier alpha value is -7.00. The summed E-state index contributed by atoms with van der Waals surface area (Å²) in [5, 5.41) is 19.0. The fourth-order valence-electron chi connectivity index (χ4n) is 8.94. The van der Waals surface area contributed by atoms with Gasteiger partial charge in [0, 0.05) is 54.3 Å². The van der Waals surface area contributed by atoms with E-state index in [2.05, 4.69) is 19.7 Å². The van der Waals surface area contributed by atoms with Crippen LogP contribution in [-0.4, -0.2) is 66.0 Å². The number of rotatable bonds is 21. The molecule has 0 bridgehead atoms. The lowest BCUT2D eigenvalue weighted by atomic mass is 9.79. The predicted octanol–water partition coefficient (Wildman–Crippen LogP) is 15.0. The molecule has 0 amide bonds. The van der Waals surface area contributed by atoms with Gasteiger partial charge in [0.15, 0.2) is 0 Å². The molecule has 0 saturated carbocycles. The number of halogens is 3. The van der Waals surface area contributed by atoms with Crippen LogP contribution in [0.5, 0.6) is 17.2 Å². The molecule has 0 aliphatic heterocycles. The zero-order valence-corrected chi connectivity index (χ0v) is 46.7. The van der Waals surface area contributed by atoms with Gasteiger partial charge in [0.05, 0.1) is 65.5 Å². The lowest BCUT2D eigenvalue weighted by Crippen LogP contribution is -2.22. The average Bonchev–Trinajstić information content (AvgIpc) is 3.45. The van der Waals surface area contributed by atoms with E-state index in [0.29, 0.717) is 61.8 Å². The normalized spacial score (nSPS) is 12.6. The summed E-state index contributed by atoms with van der Waals surface area (Å²) in [4.78, 5) is 12.0. The molecular formula is C64H75F3O10. The first-order chi connectivity index (χ1) is 36.5. The maximum Gasteiger partial charge on any atom is 0.337 e. The lowest BCUT2D eigenvalue weighted by molar-refractivity contribution is 0.0305. The Morgan fingerprint density at radius 3 is 1.01 bits per heavy atom. The summed E-state index contributed by atoms with van der Waals surface area (Å²) in [6.07, 6.45) is 4.25. The third-order valence-corrected chi connectivity index (χ3v) is 13.6. The topological polar surface area (TPSA) is 122 Å². The molecule has 0 fully saturated rings. The van der Waals surface area contributed by atoms with Crippen molar-refractivity contribution in [3.8, 4) is 50.6 Å². The van der Waals surface area contributed by atoms with E-state index in [-0.39, 0.29) is 47.9 Å². The predicted molar refractivity (Wildman–Crippen MR) is 300 cm³/mol. The summed E-state index contributed by atoms with van der Waals surface area (Å²) < 4.78 is 81.5. The fourth-order valence-corrected chi connectivity index (χ4v) is 8.94. The number of ether oxygens (including phenoxy) is 7. The van der Waals surface area contributed by atoms with E-state index in [9.17, 15) is 28.2 Å². The van der Waals surface area contributed by atoms with Gasteiger partial charge in [-0.3, -0.25) is 0 Å². The van der Waals surface area contributed by atoms with Crippen LogP contribution >= 0.6 is 0 Å². The molecule has 0 heterocycles. The first kappa shape index (κ1) is 62.5. The monoisotopic (exact) mass is 1060 g/mol. The molecule has 0 aliphatic rings. The van der Waals surface area contributed by atoms with Crippen LogP contribution in [0.1, 0.15) is 98.0 Å². The smallest absolute Gasteiger partial charge is 0.337 e. The van der Waals surface area contributed by atoms with Gasteiger partial charge in [0.2, 0.25) is 0 Å². The van der Waals surface area contributed by atoms with E-state index >= 15 is 0 Å². The van der Waals surface area contributed by atoms with Gasteiger partial charge in [0.1, 0.15) is 34.7 Å². The number of aliphatic hydroxyl groups excluding tert-OH is 2. The molecule has 0 aromatic heterocycles. The standard InChI is InChI=1S/C22H25FO4.2C21H25FO3/c1-7-22(2,3)20(26-5)18-12-14(21(24)27-6)8-10-16(18)17-13-15(25-4)9-11-19(17)23;2*1-6-21(2,3)20(25-5)18-11-14(13-23)7-9-16(18)17-12-15(24-4)8-10-19(17)22/h7-13,20H,1H2,2-6H3;2*6-12,20,23H,1,13H2,2-5H3/t;2*20-/m.10/s1. The van der Waals surface area contributed by atoms with E-state index < -0.39 is 23.3 Å². The molecular weight excluding hydrogens is 986 g/mol. The second-order valence-corrected chi connectivity index (χ2v) is 19.9. The van der Waals surface area contributed by atoms with Gasteiger partial charge in [-0.1, -0.05) is 102 Å². The van der Waals surface area contributed by atoms with Crippen molar-refractivity contribution in [2.24, 2.45) is 16.2 Å². The Labute approximate surface area is 453 Å². The highest BCUT2D eigenvalue weighted by atomic mass is 19.1. The van der Waals surface area contributed by atoms with Gasteiger partial charge in [-0.15, -0.1) is 19.7 Å². The second-order valence-electron chi connectivity index (χ2n) is 19.9. The number of aliphatic hydroxyl groups is 2. The van der Waals surface area contributed by atoms with Crippen molar-refractivity contribution < 1.29 is 61.3 Å². The third kappa shape index (κ3) is 14.9. The molecule has 412 valence electrons. The molecule has 0 radical (unpaired) electrons. The Bertz CT molecular complexity index is 2850. The van der Waals surface area contributed by atoms with Crippen LogP contribution < -0.4 is 14.2 Å². The average molecular weight is 1060 g/mol.